The maximum Gasteiger partial charge on any atom is 0.248 e. The Hall–Kier alpha value is -3.02. The minimum atomic E-state index is -0.271. The van der Waals surface area contributed by atoms with Gasteiger partial charge in [-0.2, -0.15) is 14.6 Å². The molecule has 3 aromatic heterocycles. The van der Waals surface area contributed by atoms with E-state index in [1.165, 1.54) is 54.4 Å². The predicted octanol–water partition coefficient (Wildman–Crippen LogP) is 5.15. The summed E-state index contributed by atoms with van der Waals surface area (Å²) in [7, 11) is 0. The Kier molecular flexibility index (Phi) is 6.60. The van der Waals surface area contributed by atoms with Crippen LogP contribution in [0.2, 0.25) is 5.28 Å². The number of nitrogens with zero attached hydrogens (tertiary/aromatic N) is 7. The number of benzene rings is 1. The number of aromatic nitrogens is 5. The van der Waals surface area contributed by atoms with Gasteiger partial charge in [0.05, 0.1) is 15.9 Å². The van der Waals surface area contributed by atoms with Gasteiger partial charge in [-0.05, 0) is 86.4 Å². The standard InChI is InChI=1S/C25H29ClFN9S/c1-15-14-37-21-20(15)30-23(26)31-22(21)36-24(28)32-25(33-36)29-16-5-6-19(18(27)13-16)35-11-7-17(8-12-35)34-9-3-2-4-10-34/h5-6,13-14,17H,2-4,7-12H2,1H3,(H3,28,29,32,33). The van der Waals surface area contributed by atoms with E-state index in [1.807, 2.05) is 24.4 Å². The number of thiophene rings is 1. The van der Waals surface area contributed by atoms with Gasteiger partial charge in [-0.15, -0.1) is 16.4 Å². The zero-order valence-electron chi connectivity index (χ0n) is 20.6. The van der Waals surface area contributed by atoms with Gasteiger partial charge in [-0.1, -0.05) is 6.42 Å². The predicted molar refractivity (Wildman–Crippen MR) is 147 cm³/mol. The molecule has 2 aliphatic rings. The molecule has 0 atom stereocenters. The van der Waals surface area contributed by atoms with E-state index in [4.69, 9.17) is 17.3 Å². The lowest BCUT2D eigenvalue weighted by Crippen LogP contribution is -2.46. The second-order valence-corrected chi connectivity index (χ2v) is 10.9. The number of rotatable bonds is 5. The van der Waals surface area contributed by atoms with E-state index in [2.05, 4.69) is 35.2 Å². The first-order valence-electron chi connectivity index (χ1n) is 12.7. The highest BCUT2D eigenvalue weighted by Gasteiger charge is 2.27. The van der Waals surface area contributed by atoms with Crippen molar-refractivity contribution < 1.29 is 4.39 Å². The van der Waals surface area contributed by atoms with E-state index >= 15 is 4.39 Å². The number of anilines is 4. The van der Waals surface area contributed by atoms with Gasteiger partial charge in [-0.25, -0.2) is 9.37 Å². The summed E-state index contributed by atoms with van der Waals surface area (Å²) in [6.45, 7) is 6.10. The molecule has 0 saturated carbocycles. The number of fused-ring (bicyclic) bond motifs is 1. The van der Waals surface area contributed by atoms with E-state index in [0.29, 0.717) is 23.2 Å². The van der Waals surface area contributed by atoms with Gasteiger partial charge in [0, 0.05) is 24.8 Å². The fourth-order valence-electron chi connectivity index (χ4n) is 5.39. The zero-order valence-corrected chi connectivity index (χ0v) is 22.2. The van der Waals surface area contributed by atoms with E-state index in [9.17, 15) is 0 Å². The minimum Gasteiger partial charge on any atom is -0.369 e. The molecule has 0 spiro atoms. The van der Waals surface area contributed by atoms with Crippen molar-refractivity contribution in [3.8, 4) is 5.82 Å². The van der Waals surface area contributed by atoms with Crippen LogP contribution in [0, 0.1) is 12.7 Å². The van der Waals surface area contributed by atoms with Crippen molar-refractivity contribution in [1.82, 2.24) is 29.6 Å². The third-order valence-electron chi connectivity index (χ3n) is 7.30. The van der Waals surface area contributed by atoms with E-state index in [0.717, 1.165) is 41.7 Å². The summed E-state index contributed by atoms with van der Waals surface area (Å²) in [6.07, 6.45) is 6.09. The summed E-state index contributed by atoms with van der Waals surface area (Å²) in [5.41, 5.74) is 9.08. The van der Waals surface area contributed by atoms with Crippen LogP contribution >= 0.6 is 22.9 Å². The Labute approximate surface area is 223 Å². The van der Waals surface area contributed by atoms with Crippen LogP contribution in [-0.4, -0.2) is 61.9 Å². The fourth-order valence-corrected chi connectivity index (χ4v) is 6.52. The van der Waals surface area contributed by atoms with Crippen molar-refractivity contribution in [1.29, 1.82) is 0 Å². The normalized spacial score (nSPS) is 17.5. The third kappa shape index (κ3) is 4.83. The zero-order chi connectivity index (χ0) is 25.5. The molecule has 2 saturated heterocycles. The van der Waals surface area contributed by atoms with Gasteiger partial charge >= 0.3 is 0 Å². The number of hydrogen-bond acceptors (Lipinski definition) is 9. The minimum absolute atomic E-state index is 0.103. The Balaban J connectivity index is 1.16. The molecule has 6 rings (SSSR count). The lowest BCUT2D eigenvalue weighted by atomic mass is 9.99. The first-order valence-corrected chi connectivity index (χ1v) is 13.9. The Morgan fingerprint density at radius 2 is 1.86 bits per heavy atom. The van der Waals surface area contributed by atoms with Crippen LogP contribution in [0.4, 0.5) is 27.7 Å². The molecule has 9 nitrogen and oxygen atoms in total. The van der Waals surface area contributed by atoms with Crippen LogP contribution in [0.15, 0.2) is 23.6 Å². The van der Waals surface area contributed by atoms with Crippen molar-refractivity contribution in [2.45, 2.75) is 45.1 Å². The molecule has 0 unspecified atom stereocenters. The molecule has 3 N–H and O–H groups in total. The maximum absolute atomic E-state index is 15.2. The van der Waals surface area contributed by atoms with E-state index in [1.54, 1.807) is 0 Å². The number of nitrogens with two attached hydrogens (primary N) is 1. The second kappa shape index (κ2) is 10.0. The Morgan fingerprint density at radius 1 is 1.08 bits per heavy atom. The van der Waals surface area contributed by atoms with Gasteiger partial charge in [0.25, 0.3) is 0 Å². The van der Waals surface area contributed by atoms with Crippen molar-refractivity contribution in [2.75, 3.05) is 42.1 Å². The van der Waals surface area contributed by atoms with Crippen LogP contribution in [-0.2, 0) is 0 Å². The van der Waals surface area contributed by atoms with Crippen molar-refractivity contribution in [3.63, 3.8) is 0 Å². The molecule has 5 heterocycles. The molecule has 194 valence electrons. The summed E-state index contributed by atoms with van der Waals surface area (Å²) in [5.74, 6) is 0.564. The molecule has 4 aromatic rings. The lowest BCUT2D eigenvalue weighted by molar-refractivity contribution is 0.141. The Morgan fingerprint density at radius 3 is 2.62 bits per heavy atom. The smallest absolute Gasteiger partial charge is 0.248 e. The fraction of sp³-hybridized carbons (Fsp3) is 0.440. The number of piperidine rings is 2. The molecule has 0 aliphatic carbocycles. The summed E-state index contributed by atoms with van der Waals surface area (Å²) in [4.78, 5) is 17.7. The number of hydrogen-bond donors (Lipinski definition) is 2. The van der Waals surface area contributed by atoms with Gasteiger partial charge in [-0.3, -0.25) is 0 Å². The van der Waals surface area contributed by atoms with Gasteiger partial charge in [0.1, 0.15) is 5.82 Å². The molecular weight excluding hydrogens is 513 g/mol. The van der Waals surface area contributed by atoms with E-state index in [-0.39, 0.29) is 23.0 Å². The molecule has 0 bridgehead atoms. The first-order chi connectivity index (χ1) is 18.0. The number of nitrogen functional groups attached to an aromatic ring is 1. The van der Waals surface area contributed by atoms with Gasteiger partial charge in [0.15, 0.2) is 5.82 Å². The summed E-state index contributed by atoms with van der Waals surface area (Å²) < 4.78 is 17.4. The lowest BCUT2D eigenvalue weighted by Gasteiger charge is -2.41. The van der Waals surface area contributed by atoms with Crippen LogP contribution in [0.3, 0.4) is 0 Å². The highest BCUT2D eigenvalue weighted by molar-refractivity contribution is 7.17. The Bertz CT molecular complexity index is 1420. The number of nitrogens with one attached hydrogen (secondary N) is 1. The summed E-state index contributed by atoms with van der Waals surface area (Å²) >= 11 is 7.64. The molecule has 0 radical (unpaired) electrons. The van der Waals surface area contributed by atoms with Crippen molar-refractivity contribution in [3.05, 3.63) is 40.2 Å². The second-order valence-electron chi connectivity index (χ2n) is 9.72. The SMILES string of the molecule is Cc1csc2c(-n3nc(Nc4ccc(N5CCC(N6CCCCC6)CC5)c(F)c4)nc3N)nc(Cl)nc12. The van der Waals surface area contributed by atoms with Crippen LogP contribution < -0.4 is 16.0 Å². The molecule has 2 fully saturated rings. The van der Waals surface area contributed by atoms with Gasteiger partial charge < -0.3 is 20.9 Å². The van der Waals surface area contributed by atoms with Crippen LogP contribution in [0.1, 0.15) is 37.7 Å². The van der Waals surface area contributed by atoms with Crippen molar-refractivity contribution >= 4 is 56.4 Å². The first kappa shape index (κ1) is 24.3. The number of likely N-dealkylation sites (tertiary alicyclic amines) is 1. The number of halogens is 2. The van der Waals surface area contributed by atoms with Gasteiger partial charge in [0.2, 0.25) is 17.2 Å². The van der Waals surface area contributed by atoms with Crippen molar-refractivity contribution in [2.24, 2.45) is 0 Å². The quantitative estimate of drug-likeness (QED) is 0.334. The van der Waals surface area contributed by atoms with Crippen LogP contribution in [0.5, 0.6) is 0 Å². The summed E-state index contributed by atoms with van der Waals surface area (Å²) in [5, 5.41) is 9.60. The average Bonchev–Trinajstić information content (AvgIpc) is 3.46. The topological polar surface area (TPSA) is 101 Å². The summed E-state index contributed by atoms with van der Waals surface area (Å²) in [6, 6.07) is 5.76. The molecule has 2 aliphatic heterocycles. The molecule has 37 heavy (non-hydrogen) atoms. The highest BCUT2D eigenvalue weighted by atomic mass is 35.5. The molecular formula is C25H29ClFN9S. The maximum atomic E-state index is 15.2. The largest absolute Gasteiger partial charge is 0.369 e. The highest BCUT2D eigenvalue weighted by Crippen LogP contribution is 2.32. The molecule has 12 heteroatoms. The van der Waals surface area contributed by atoms with Crippen LogP contribution in [0.25, 0.3) is 16.0 Å². The molecule has 1 aromatic carbocycles. The van der Waals surface area contributed by atoms with E-state index < -0.39 is 0 Å². The molecule has 0 amide bonds. The monoisotopic (exact) mass is 541 g/mol. The number of aryl methyl sites for hydroxylation is 1. The third-order valence-corrected chi connectivity index (χ3v) is 8.55. The average molecular weight is 542 g/mol.